The summed E-state index contributed by atoms with van der Waals surface area (Å²) in [5.74, 6) is -0.0857. The molecular formula is C16H25N3O2. The summed E-state index contributed by atoms with van der Waals surface area (Å²) in [5.41, 5.74) is 0.800. The number of aromatic nitrogens is 2. The fourth-order valence-electron chi connectivity index (χ4n) is 3.00. The number of rotatable bonds is 4. The number of hydrogen-bond acceptors (Lipinski definition) is 4. The second-order valence-corrected chi connectivity index (χ2v) is 7.19. The molecule has 0 radical (unpaired) electrons. The van der Waals surface area contributed by atoms with E-state index in [0.717, 1.165) is 25.9 Å². The molecule has 5 heteroatoms. The Morgan fingerprint density at radius 2 is 2.14 bits per heavy atom. The van der Waals surface area contributed by atoms with Crippen LogP contribution < -0.4 is 0 Å². The molecule has 0 N–H and O–H groups in total. The minimum Gasteiger partial charge on any atom is -0.459 e. The van der Waals surface area contributed by atoms with E-state index >= 15 is 0 Å². The maximum absolute atomic E-state index is 12.3. The van der Waals surface area contributed by atoms with Gasteiger partial charge in [-0.3, -0.25) is 9.69 Å². The molecular weight excluding hydrogens is 266 g/mol. The lowest BCUT2D eigenvalue weighted by atomic mass is 10.1. The lowest BCUT2D eigenvalue weighted by molar-refractivity contribution is -0.160. The Bertz CT molecular complexity index is 514. The van der Waals surface area contributed by atoms with Gasteiger partial charge in [0.25, 0.3) is 0 Å². The van der Waals surface area contributed by atoms with Gasteiger partial charge in [0.15, 0.2) is 0 Å². The number of carbonyl (C=O) groups excluding carboxylic acids is 1. The monoisotopic (exact) mass is 291 g/mol. The highest BCUT2D eigenvalue weighted by molar-refractivity contribution is 5.76. The maximum atomic E-state index is 12.3. The van der Waals surface area contributed by atoms with Crippen LogP contribution in [0.4, 0.5) is 0 Å². The first-order chi connectivity index (χ1) is 9.94. The van der Waals surface area contributed by atoms with Crippen LogP contribution in [-0.2, 0) is 16.1 Å². The van der Waals surface area contributed by atoms with E-state index in [1.165, 1.54) is 18.5 Å². The summed E-state index contributed by atoms with van der Waals surface area (Å²) in [6.45, 7) is 7.52. The molecule has 1 saturated carbocycles. The summed E-state index contributed by atoms with van der Waals surface area (Å²) in [6, 6.07) is 0.525. The highest BCUT2D eigenvalue weighted by Crippen LogP contribution is 2.36. The second-order valence-electron chi connectivity index (χ2n) is 7.19. The zero-order valence-electron chi connectivity index (χ0n) is 13.2. The van der Waals surface area contributed by atoms with Crippen molar-refractivity contribution in [2.45, 2.75) is 70.7 Å². The van der Waals surface area contributed by atoms with E-state index in [4.69, 9.17) is 4.74 Å². The molecule has 3 rings (SSSR count). The van der Waals surface area contributed by atoms with Gasteiger partial charge in [0.2, 0.25) is 0 Å². The number of nitrogens with zero attached hydrogens (tertiary/aromatic N) is 3. The predicted molar refractivity (Wildman–Crippen MR) is 79.8 cm³/mol. The summed E-state index contributed by atoms with van der Waals surface area (Å²) in [5, 5.41) is 0. The van der Waals surface area contributed by atoms with Crippen molar-refractivity contribution in [1.29, 1.82) is 0 Å². The van der Waals surface area contributed by atoms with E-state index in [1.54, 1.807) is 0 Å². The summed E-state index contributed by atoms with van der Waals surface area (Å²) in [7, 11) is 0. The summed E-state index contributed by atoms with van der Waals surface area (Å²) >= 11 is 0. The topological polar surface area (TPSA) is 47.4 Å². The van der Waals surface area contributed by atoms with Crippen molar-refractivity contribution in [3.05, 3.63) is 18.2 Å². The second kappa shape index (κ2) is 5.44. The number of imidazole rings is 1. The number of esters is 1. The Morgan fingerprint density at radius 1 is 1.38 bits per heavy atom. The fraction of sp³-hybridized carbons (Fsp3) is 0.750. The minimum absolute atomic E-state index is 0.0857. The molecule has 2 fully saturated rings. The molecule has 2 aliphatic rings. The van der Waals surface area contributed by atoms with Crippen LogP contribution in [0.1, 0.15) is 58.2 Å². The molecule has 21 heavy (non-hydrogen) atoms. The van der Waals surface area contributed by atoms with Crippen molar-refractivity contribution in [3.8, 4) is 0 Å². The van der Waals surface area contributed by atoms with Crippen molar-refractivity contribution < 1.29 is 9.53 Å². The van der Waals surface area contributed by atoms with Gasteiger partial charge in [-0.1, -0.05) is 0 Å². The summed E-state index contributed by atoms with van der Waals surface area (Å²) in [4.78, 5) is 18.9. The highest BCUT2D eigenvalue weighted by Gasteiger charge is 2.35. The maximum Gasteiger partial charge on any atom is 0.323 e. The summed E-state index contributed by atoms with van der Waals surface area (Å²) in [6.07, 6.45) is 8.31. The first kappa shape index (κ1) is 14.6. The first-order valence-electron chi connectivity index (χ1n) is 7.92. The lowest BCUT2D eigenvalue weighted by Gasteiger charge is -2.27. The van der Waals surface area contributed by atoms with Gasteiger partial charge in [-0.15, -0.1) is 0 Å². The third-order valence-electron chi connectivity index (χ3n) is 4.09. The Hall–Kier alpha value is -1.36. The lowest BCUT2D eigenvalue weighted by Crippen LogP contribution is -2.40. The fourth-order valence-corrected chi connectivity index (χ4v) is 3.00. The molecule has 1 aliphatic heterocycles. The van der Waals surface area contributed by atoms with E-state index < -0.39 is 5.60 Å². The van der Waals surface area contributed by atoms with Gasteiger partial charge in [0.05, 0.1) is 12.0 Å². The van der Waals surface area contributed by atoms with Crippen LogP contribution in [0.15, 0.2) is 12.5 Å². The van der Waals surface area contributed by atoms with E-state index in [1.807, 2.05) is 33.3 Å². The van der Waals surface area contributed by atoms with Crippen LogP contribution in [0.5, 0.6) is 0 Å². The van der Waals surface area contributed by atoms with Crippen LogP contribution in [0, 0.1) is 0 Å². The van der Waals surface area contributed by atoms with Crippen molar-refractivity contribution in [3.63, 3.8) is 0 Å². The molecule has 0 aromatic carbocycles. The van der Waals surface area contributed by atoms with Crippen molar-refractivity contribution in [2.75, 3.05) is 6.54 Å². The SMILES string of the molecule is CC(C)(C)OC(=O)[C@@H]1CCCN1Cc1cncn1C1CC1. The molecule has 0 amide bonds. The molecule has 1 aromatic rings. The van der Waals surface area contributed by atoms with Crippen LogP contribution in [0.2, 0.25) is 0 Å². The smallest absolute Gasteiger partial charge is 0.323 e. The van der Waals surface area contributed by atoms with Crippen LogP contribution in [0.3, 0.4) is 0 Å². The van der Waals surface area contributed by atoms with Gasteiger partial charge in [0.1, 0.15) is 11.6 Å². The molecule has 0 unspecified atom stereocenters. The van der Waals surface area contributed by atoms with Gasteiger partial charge in [-0.25, -0.2) is 4.98 Å². The number of likely N-dealkylation sites (tertiary alicyclic amines) is 1. The van der Waals surface area contributed by atoms with Gasteiger partial charge < -0.3 is 9.30 Å². The molecule has 0 spiro atoms. The van der Waals surface area contributed by atoms with Crippen molar-refractivity contribution >= 4 is 5.97 Å². The Morgan fingerprint density at radius 3 is 2.81 bits per heavy atom. The van der Waals surface area contributed by atoms with Crippen molar-refractivity contribution in [1.82, 2.24) is 14.5 Å². The average molecular weight is 291 g/mol. The third kappa shape index (κ3) is 3.46. The largest absolute Gasteiger partial charge is 0.459 e. The first-order valence-corrected chi connectivity index (χ1v) is 7.92. The Balaban J connectivity index is 1.66. The van der Waals surface area contributed by atoms with Gasteiger partial charge >= 0.3 is 5.97 Å². The van der Waals surface area contributed by atoms with E-state index in [-0.39, 0.29) is 12.0 Å². The van der Waals surface area contributed by atoms with E-state index in [9.17, 15) is 4.79 Å². The molecule has 1 aromatic heterocycles. The molecule has 5 nitrogen and oxygen atoms in total. The molecule has 2 heterocycles. The van der Waals surface area contributed by atoms with E-state index in [0.29, 0.717) is 6.04 Å². The average Bonchev–Trinajstić information content (AvgIpc) is 2.94. The highest BCUT2D eigenvalue weighted by atomic mass is 16.6. The Labute approximate surface area is 126 Å². The van der Waals surface area contributed by atoms with E-state index in [2.05, 4.69) is 14.5 Å². The summed E-state index contributed by atoms with van der Waals surface area (Å²) < 4.78 is 7.83. The zero-order chi connectivity index (χ0) is 15.0. The van der Waals surface area contributed by atoms with Gasteiger partial charge in [0, 0.05) is 18.8 Å². The molecule has 1 atom stereocenters. The van der Waals surface area contributed by atoms with Crippen molar-refractivity contribution in [2.24, 2.45) is 0 Å². The zero-order valence-corrected chi connectivity index (χ0v) is 13.2. The molecule has 1 aliphatic carbocycles. The molecule has 0 bridgehead atoms. The van der Waals surface area contributed by atoms with Gasteiger partial charge in [-0.2, -0.15) is 0 Å². The number of carbonyl (C=O) groups is 1. The third-order valence-corrected chi connectivity index (χ3v) is 4.09. The predicted octanol–water partition coefficient (Wildman–Crippen LogP) is 2.52. The standard InChI is InChI=1S/C16H25N3O2/c1-16(2,3)21-15(20)14-5-4-8-18(14)10-13-9-17-11-19(13)12-6-7-12/h9,11-12,14H,4-8,10H2,1-3H3/t14-/m0/s1. The number of ether oxygens (including phenoxy) is 1. The van der Waals surface area contributed by atoms with Crippen LogP contribution in [0.25, 0.3) is 0 Å². The van der Waals surface area contributed by atoms with Crippen LogP contribution in [-0.4, -0.2) is 38.6 Å². The Kier molecular flexibility index (Phi) is 3.78. The quantitative estimate of drug-likeness (QED) is 0.800. The normalized spacial score (nSPS) is 23.5. The van der Waals surface area contributed by atoms with Gasteiger partial charge in [-0.05, 0) is 53.0 Å². The minimum atomic E-state index is -0.416. The molecule has 116 valence electrons. The molecule has 1 saturated heterocycles. The number of hydrogen-bond donors (Lipinski definition) is 0. The van der Waals surface area contributed by atoms with Crippen LogP contribution >= 0.6 is 0 Å².